The quantitative estimate of drug-likeness (QED) is 0.323. The summed E-state index contributed by atoms with van der Waals surface area (Å²) in [4.78, 5) is 32.6. The molecular formula is C28H17F4N3O3. The number of allylic oxidation sites excluding steroid dienone is 1. The van der Waals surface area contributed by atoms with Crippen molar-refractivity contribution in [2.75, 3.05) is 0 Å². The van der Waals surface area contributed by atoms with Gasteiger partial charge in [0, 0.05) is 29.9 Å². The summed E-state index contributed by atoms with van der Waals surface area (Å²) >= 11 is 0. The predicted molar refractivity (Wildman–Crippen MR) is 130 cm³/mol. The van der Waals surface area contributed by atoms with E-state index >= 15 is 0 Å². The third-order valence-corrected chi connectivity index (χ3v) is 6.12. The second-order valence-electron chi connectivity index (χ2n) is 8.48. The summed E-state index contributed by atoms with van der Waals surface area (Å²) in [6.45, 7) is 0. The Morgan fingerprint density at radius 3 is 2.26 bits per heavy atom. The minimum absolute atomic E-state index is 0.0194. The zero-order chi connectivity index (χ0) is 27.0. The van der Waals surface area contributed by atoms with Crippen molar-refractivity contribution in [3.8, 4) is 11.4 Å². The molecule has 2 N–H and O–H groups in total. The number of carbonyl (C=O) groups is 2. The maximum atomic E-state index is 15.0. The molecule has 6 nitrogen and oxygen atoms in total. The van der Waals surface area contributed by atoms with Gasteiger partial charge in [-0.05, 0) is 47.0 Å². The number of fused-ring (bicyclic) bond motifs is 1. The number of nitrogens with one attached hydrogen (secondary N) is 1. The number of alkyl halides is 3. The predicted octanol–water partition coefficient (Wildman–Crippen LogP) is 5.85. The van der Waals surface area contributed by atoms with Gasteiger partial charge in [-0.2, -0.15) is 13.2 Å². The lowest BCUT2D eigenvalue weighted by atomic mass is 10.0. The summed E-state index contributed by atoms with van der Waals surface area (Å²) in [5, 5.41) is 12.1. The zero-order valence-electron chi connectivity index (χ0n) is 19.4. The molecule has 0 saturated heterocycles. The van der Waals surface area contributed by atoms with E-state index in [1.54, 1.807) is 36.4 Å². The topological polar surface area (TPSA) is 92.2 Å². The molecule has 0 radical (unpaired) electrons. The molecule has 3 aromatic carbocycles. The maximum Gasteiger partial charge on any atom is 0.417 e. The molecule has 0 unspecified atom stereocenters. The number of benzene rings is 3. The lowest BCUT2D eigenvalue weighted by Crippen LogP contribution is -2.24. The highest BCUT2D eigenvalue weighted by atomic mass is 19.4. The highest BCUT2D eigenvalue weighted by Gasteiger charge is 2.36. The third-order valence-electron chi connectivity index (χ3n) is 6.12. The number of carbonyl (C=O) groups excluding carboxylic acids is 1. The molecule has 1 amide bonds. The normalized spacial score (nSPS) is 12.8. The van der Waals surface area contributed by atoms with E-state index in [1.165, 1.54) is 30.6 Å². The molecule has 1 aromatic heterocycles. The van der Waals surface area contributed by atoms with E-state index in [0.717, 1.165) is 17.2 Å². The molecule has 0 saturated carbocycles. The van der Waals surface area contributed by atoms with Gasteiger partial charge >= 0.3 is 12.1 Å². The van der Waals surface area contributed by atoms with E-state index in [4.69, 9.17) is 0 Å². The number of rotatable bonds is 5. The van der Waals surface area contributed by atoms with Crippen molar-refractivity contribution in [2.24, 2.45) is 0 Å². The Morgan fingerprint density at radius 2 is 1.61 bits per heavy atom. The van der Waals surface area contributed by atoms with Gasteiger partial charge in [0.05, 0.1) is 22.4 Å². The molecule has 190 valence electrons. The molecular weight excluding hydrogens is 502 g/mol. The van der Waals surface area contributed by atoms with E-state index in [0.29, 0.717) is 17.6 Å². The summed E-state index contributed by atoms with van der Waals surface area (Å²) in [5.41, 5.74) is 0.249. The fourth-order valence-electron chi connectivity index (χ4n) is 4.35. The fourth-order valence-corrected chi connectivity index (χ4v) is 4.35. The van der Waals surface area contributed by atoms with Crippen molar-refractivity contribution in [3.05, 3.63) is 118 Å². The molecule has 1 aliphatic carbocycles. The molecule has 1 heterocycles. The number of aromatic carboxylic acids is 1. The van der Waals surface area contributed by atoms with E-state index in [1.807, 2.05) is 0 Å². The summed E-state index contributed by atoms with van der Waals surface area (Å²) in [6.07, 6.45) is -2.10. The molecule has 0 atom stereocenters. The molecule has 0 aliphatic heterocycles. The van der Waals surface area contributed by atoms with Crippen LogP contribution in [0.1, 0.15) is 43.0 Å². The smallest absolute Gasteiger partial charge is 0.417 e. The zero-order valence-corrected chi connectivity index (χ0v) is 19.4. The van der Waals surface area contributed by atoms with Crippen LogP contribution in [0, 0.1) is 5.82 Å². The van der Waals surface area contributed by atoms with Crippen LogP contribution in [0.2, 0.25) is 0 Å². The minimum atomic E-state index is -4.93. The Morgan fingerprint density at radius 1 is 0.895 bits per heavy atom. The lowest BCUT2D eigenvalue weighted by molar-refractivity contribution is -0.137. The SMILES string of the molecule is O=C(O)c1ccc2c(c1)C(NC(=O)c1cc(-c3ncccn3)c(C(F)(F)F)cc1F)=C(c1ccccc1)C2. The van der Waals surface area contributed by atoms with Crippen LogP contribution in [-0.2, 0) is 12.6 Å². The molecule has 5 rings (SSSR count). The number of aromatic nitrogens is 2. The van der Waals surface area contributed by atoms with E-state index in [9.17, 15) is 32.3 Å². The van der Waals surface area contributed by atoms with Crippen LogP contribution in [0.5, 0.6) is 0 Å². The van der Waals surface area contributed by atoms with Crippen LogP contribution in [0.3, 0.4) is 0 Å². The Hall–Kier alpha value is -4.86. The van der Waals surface area contributed by atoms with Crippen LogP contribution in [0.4, 0.5) is 17.6 Å². The molecule has 0 bridgehead atoms. The van der Waals surface area contributed by atoms with Gasteiger partial charge in [0.1, 0.15) is 5.82 Å². The van der Waals surface area contributed by atoms with E-state index in [-0.39, 0.29) is 23.2 Å². The van der Waals surface area contributed by atoms with Gasteiger partial charge in [-0.15, -0.1) is 0 Å². The highest BCUT2D eigenvalue weighted by Crippen LogP contribution is 2.39. The molecule has 4 aromatic rings. The summed E-state index contributed by atoms with van der Waals surface area (Å²) in [7, 11) is 0. The van der Waals surface area contributed by atoms with Crippen molar-refractivity contribution < 1.29 is 32.3 Å². The number of halogens is 4. The Labute approximate surface area is 213 Å². The largest absolute Gasteiger partial charge is 0.478 e. The van der Waals surface area contributed by atoms with Crippen LogP contribution in [0.15, 0.2) is 79.1 Å². The van der Waals surface area contributed by atoms with Crippen molar-refractivity contribution in [3.63, 3.8) is 0 Å². The summed E-state index contributed by atoms with van der Waals surface area (Å²) in [5.74, 6) is -3.89. The Bertz CT molecular complexity index is 1600. The van der Waals surface area contributed by atoms with E-state index < -0.39 is 40.6 Å². The fraction of sp³-hybridized carbons (Fsp3) is 0.0714. The first-order valence-electron chi connectivity index (χ1n) is 11.3. The first-order valence-corrected chi connectivity index (χ1v) is 11.3. The highest BCUT2D eigenvalue weighted by molar-refractivity contribution is 6.08. The van der Waals surface area contributed by atoms with Crippen molar-refractivity contribution in [1.29, 1.82) is 0 Å². The van der Waals surface area contributed by atoms with Gasteiger partial charge in [0.15, 0.2) is 5.82 Å². The van der Waals surface area contributed by atoms with Crippen LogP contribution in [0.25, 0.3) is 22.7 Å². The summed E-state index contributed by atoms with van der Waals surface area (Å²) in [6, 6.07) is 15.9. The first kappa shape index (κ1) is 24.8. The molecule has 0 spiro atoms. The van der Waals surface area contributed by atoms with Crippen LogP contribution in [-0.4, -0.2) is 27.0 Å². The van der Waals surface area contributed by atoms with Gasteiger partial charge in [-0.1, -0.05) is 36.4 Å². The second-order valence-corrected chi connectivity index (χ2v) is 8.48. The van der Waals surface area contributed by atoms with Gasteiger partial charge < -0.3 is 10.4 Å². The second kappa shape index (κ2) is 9.55. The van der Waals surface area contributed by atoms with Gasteiger partial charge in [0.25, 0.3) is 5.91 Å². The Kier molecular flexibility index (Phi) is 6.23. The monoisotopic (exact) mass is 519 g/mol. The van der Waals surface area contributed by atoms with Gasteiger partial charge in [-0.3, -0.25) is 4.79 Å². The Balaban J connectivity index is 1.62. The molecule has 10 heteroatoms. The van der Waals surface area contributed by atoms with Crippen LogP contribution >= 0.6 is 0 Å². The number of nitrogens with zero attached hydrogens (tertiary/aromatic N) is 2. The first-order chi connectivity index (χ1) is 18.1. The van der Waals surface area contributed by atoms with Crippen molar-refractivity contribution in [2.45, 2.75) is 12.6 Å². The summed E-state index contributed by atoms with van der Waals surface area (Å²) < 4.78 is 56.1. The number of carboxylic acids is 1. The molecule has 1 aliphatic rings. The standard InChI is InChI=1S/C28H17F4N3O3/c29-23-14-22(28(30,31)32)20(25-33-9-4-10-34-25)13-21(23)26(36)35-24-18(15-5-2-1-3-6-15)11-16-7-8-17(27(37)38)12-19(16)24/h1-10,12-14H,11H2,(H,35,36)(H,37,38). The van der Waals surface area contributed by atoms with Crippen molar-refractivity contribution in [1.82, 2.24) is 15.3 Å². The lowest BCUT2D eigenvalue weighted by Gasteiger charge is -2.16. The van der Waals surface area contributed by atoms with Gasteiger partial charge in [-0.25, -0.2) is 19.2 Å². The van der Waals surface area contributed by atoms with Crippen molar-refractivity contribution >= 4 is 23.1 Å². The average Bonchev–Trinajstić information content (AvgIpc) is 3.26. The number of amides is 1. The van der Waals surface area contributed by atoms with Gasteiger partial charge in [0.2, 0.25) is 0 Å². The molecule has 38 heavy (non-hydrogen) atoms. The number of carboxylic acid groups (broad SMARTS) is 1. The van der Waals surface area contributed by atoms with Crippen LogP contribution < -0.4 is 5.32 Å². The number of hydrogen-bond donors (Lipinski definition) is 2. The maximum absolute atomic E-state index is 15.0. The molecule has 0 fully saturated rings. The average molecular weight is 519 g/mol. The number of hydrogen-bond acceptors (Lipinski definition) is 4. The minimum Gasteiger partial charge on any atom is -0.478 e. The third kappa shape index (κ3) is 4.63. The van der Waals surface area contributed by atoms with E-state index in [2.05, 4.69) is 15.3 Å².